The molecule has 0 saturated carbocycles. The zero-order valence-corrected chi connectivity index (χ0v) is 13.1. The van der Waals surface area contributed by atoms with Crippen LogP contribution in [0.1, 0.15) is 79.8 Å². The summed E-state index contributed by atoms with van der Waals surface area (Å²) in [5.41, 5.74) is 4.31. The molecule has 0 aromatic heterocycles. The Morgan fingerprint density at radius 3 is 2.35 bits per heavy atom. The molecule has 1 aromatic rings. The first-order valence-electron chi connectivity index (χ1n) is 7.93. The topological polar surface area (TPSA) is 17.1 Å². The summed E-state index contributed by atoms with van der Waals surface area (Å²) < 4.78 is 0. The fourth-order valence-corrected chi connectivity index (χ4v) is 2.59. The zero-order valence-electron chi connectivity index (χ0n) is 13.1. The van der Waals surface area contributed by atoms with E-state index in [9.17, 15) is 4.79 Å². The zero-order chi connectivity index (χ0) is 14.8. The van der Waals surface area contributed by atoms with E-state index in [0.29, 0.717) is 0 Å². The Kier molecular flexibility index (Phi) is 8.17. The van der Waals surface area contributed by atoms with E-state index in [-0.39, 0.29) is 0 Å². The molecule has 1 nitrogen and oxygen atoms in total. The van der Waals surface area contributed by atoms with Crippen molar-refractivity contribution in [2.45, 2.75) is 65.2 Å². The molecule has 0 aliphatic rings. The van der Waals surface area contributed by atoms with Gasteiger partial charge in [0, 0.05) is 0 Å². The molecule has 1 rings (SSSR count). The monoisotopic (exact) mass is 270 g/mol. The van der Waals surface area contributed by atoms with Gasteiger partial charge in [0.25, 0.3) is 0 Å². The van der Waals surface area contributed by atoms with Crippen molar-refractivity contribution in [3.8, 4) is 0 Å². The van der Waals surface area contributed by atoms with Crippen LogP contribution in [0.4, 0.5) is 0 Å². The van der Waals surface area contributed by atoms with E-state index in [1.165, 1.54) is 56.0 Å². The summed E-state index contributed by atoms with van der Waals surface area (Å²) in [6.07, 6.45) is 11.3. The summed E-state index contributed by atoms with van der Waals surface area (Å²) in [5.74, 6) is 0. The number of hydrogen-bond acceptors (Lipinski definition) is 1. The van der Waals surface area contributed by atoms with Gasteiger partial charge >= 0.3 is 124 Å². The van der Waals surface area contributed by atoms with Crippen LogP contribution in [0.3, 0.4) is 0 Å². The van der Waals surface area contributed by atoms with Crippen molar-refractivity contribution in [2.24, 2.45) is 0 Å². The van der Waals surface area contributed by atoms with E-state index >= 15 is 0 Å². The Hall–Kier alpha value is -1.18. The van der Waals surface area contributed by atoms with Gasteiger partial charge in [0.2, 0.25) is 0 Å². The van der Waals surface area contributed by atoms with Crippen molar-refractivity contribution in [3.63, 3.8) is 0 Å². The molecule has 0 radical (unpaired) electrons. The van der Waals surface area contributed by atoms with Crippen molar-refractivity contribution in [1.82, 2.24) is 0 Å². The van der Waals surface area contributed by atoms with Crippen molar-refractivity contribution >= 4 is 19.2 Å². The first kappa shape index (κ1) is 16.9. The predicted octanol–water partition coefficient (Wildman–Crippen LogP) is 4.37. The third-order valence-electron chi connectivity index (χ3n) is 3.85. The summed E-state index contributed by atoms with van der Waals surface area (Å²) >= 11 is 0. The number of aldehydes is 1. The quantitative estimate of drug-likeness (QED) is 0.350. The summed E-state index contributed by atoms with van der Waals surface area (Å²) in [4.78, 5) is 10.7. The number of aryl methyl sites for hydroxylation is 1. The number of carbonyl (C=O) groups excluding carboxylic acids is 1. The van der Waals surface area contributed by atoms with E-state index in [2.05, 4.69) is 21.3 Å². The van der Waals surface area contributed by atoms with Crippen molar-refractivity contribution < 1.29 is 4.79 Å². The summed E-state index contributed by atoms with van der Waals surface area (Å²) in [7, 11) is 4.20. The molecule has 0 N–H and O–H groups in total. The van der Waals surface area contributed by atoms with Crippen LogP contribution in [0, 0.1) is 6.92 Å². The molecule has 0 heterocycles. The molecule has 108 valence electrons. The molecular formula is C18H27BO. The van der Waals surface area contributed by atoms with Gasteiger partial charge < -0.3 is 0 Å². The fourth-order valence-electron chi connectivity index (χ4n) is 2.59. The number of benzene rings is 1. The molecule has 0 amide bonds. The minimum atomic E-state index is 0.745. The van der Waals surface area contributed by atoms with Gasteiger partial charge in [0.1, 0.15) is 0 Å². The van der Waals surface area contributed by atoms with Crippen molar-refractivity contribution in [1.29, 1.82) is 0 Å². The summed E-state index contributed by atoms with van der Waals surface area (Å²) in [5, 5.41) is 0. The van der Waals surface area contributed by atoms with Crippen LogP contribution in [-0.2, 0) is 0 Å². The van der Waals surface area contributed by atoms with Crippen molar-refractivity contribution in [2.75, 3.05) is 0 Å². The van der Waals surface area contributed by atoms with Gasteiger partial charge in [0.05, 0.1) is 0 Å². The van der Waals surface area contributed by atoms with E-state index in [1.54, 1.807) is 0 Å². The van der Waals surface area contributed by atoms with Gasteiger partial charge in [-0.25, -0.2) is 0 Å². The van der Waals surface area contributed by atoms with Gasteiger partial charge in [-0.1, -0.05) is 0 Å². The maximum absolute atomic E-state index is 10.7. The SMILES string of the molecule is B=C(CCCCCCCCC)c1ccc(C=O)cc1C. The molecule has 1 aromatic carbocycles. The van der Waals surface area contributed by atoms with E-state index in [0.717, 1.165) is 23.8 Å². The molecule has 2 heteroatoms. The van der Waals surface area contributed by atoms with Gasteiger partial charge in [-0.2, -0.15) is 0 Å². The number of carbonyl (C=O) groups is 1. The molecular weight excluding hydrogens is 243 g/mol. The van der Waals surface area contributed by atoms with Crippen LogP contribution in [0.5, 0.6) is 0 Å². The first-order chi connectivity index (χ1) is 9.69. The van der Waals surface area contributed by atoms with Crippen LogP contribution in [0.2, 0.25) is 0 Å². The fraction of sp³-hybridized carbons (Fsp3) is 0.556. The van der Waals surface area contributed by atoms with Gasteiger partial charge in [-0.15, -0.1) is 0 Å². The van der Waals surface area contributed by atoms with Crippen LogP contribution in [-0.4, -0.2) is 19.2 Å². The van der Waals surface area contributed by atoms with E-state index in [4.69, 9.17) is 0 Å². The molecule has 0 saturated heterocycles. The second-order valence-corrected chi connectivity index (χ2v) is 5.67. The van der Waals surface area contributed by atoms with E-state index < -0.39 is 0 Å². The van der Waals surface area contributed by atoms with Gasteiger partial charge in [-0.3, -0.25) is 0 Å². The maximum atomic E-state index is 10.7. The third kappa shape index (κ3) is 5.86. The molecule has 0 atom stereocenters. The molecule has 0 aliphatic carbocycles. The molecule has 0 fully saturated rings. The average molecular weight is 270 g/mol. The summed E-state index contributed by atoms with van der Waals surface area (Å²) in [6, 6.07) is 5.85. The second kappa shape index (κ2) is 9.69. The normalized spacial score (nSPS) is 10.4. The molecule has 0 unspecified atom stereocenters. The summed E-state index contributed by atoms with van der Waals surface area (Å²) in [6.45, 7) is 4.31. The van der Waals surface area contributed by atoms with Gasteiger partial charge in [-0.05, 0) is 0 Å². The Balaban J connectivity index is 2.31. The van der Waals surface area contributed by atoms with E-state index in [1.807, 2.05) is 18.2 Å². The number of unbranched alkanes of at least 4 members (excludes halogenated alkanes) is 6. The van der Waals surface area contributed by atoms with Gasteiger partial charge in [0.15, 0.2) is 0 Å². The Morgan fingerprint density at radius 1 is 1.10 bits per heavy atom. The van der Waals surface area contributed by atoms with Crippen molar-refractivity contribution in [3.05, 3.63) is 34.9 Å². The number of hydrogen-bond donors (Lipinski definition) is 0. The van der Waals surface area contributed by atoms with Crippen LogP contribution < -0.4 is 0 Å². The molecule has 0 aliphatic heterocycles. The Morgan fingerprint density at radius 2 is 1.75 bits per heavy atom. The Labute approximate surface area is 124 Å². The molecule has 0 bridgehead atoms. The van der Waals surface area contributed by atoms with Crippen LogP contribution >= 0.6 is 0 Å². The van der Waals surface area contributed by atoms with Crippen LogP contribution in [0.15, 0.2) is 18.2 Å². The molecule has 0 spiro atoms. The first-order valence-corrected chi connectivity index (χ1v) is 7.93. The molecule has 20 heavy (non-hydrogen) atoms. The predicted molar refractivity (Wildman–Crippen MR) is 90.4 cm³/mol. The standard InChI is InChI=1S/C18H27BO/c1-3-4-5-6-7-8-9-10-18(19)17-12-11-16(14-20)13-15(17)2/h11-14,19H,3-10H2,1-2H3. The van der Waals surface area contributed by atoms with Crippen LogP contribution in [0.25, 0.3) is 0 Å². The third-order valence-corrected chi connectivity index (χ3v) is 3.85. The second-order valence-electron chi connectivity index (χ2n) is 5.67. The minimum absolute atomic E-state index is 0.745. The average Bonchev–Trinajstić information content (AvgIpc) is 2.45. The number of rotatable bonds is 10. The Bertz CT molecular complexity index is 437.